The van der Waals surface area contributed by atoms with Gasteiger partial charge in [-0.05, 0) is 42.8 Å². The molecule has 1 atom stereocenters. The van der Waals surface area contributed by atoms with Crippen molar-refractivity contribution in [2.75, 3.05) is 10.6 Å². The minimum Gasteiger partial charge on any atom is -0.356 e. The zero-order valence-corrected chi connectivity index (χ0v) is 18.2. The minimum atomic E-state index is -4.66. The third-order valence-corrected chi connectivity index (χ3v) is 6.26. The predicted molar refractivity (Wildman–Crippen MR) is 114 cm³/mol. The van der Waals surface area contributed by atoms with Crippen molar-refractivity contribution in [1.29, 1.82) is 0 Å². The Hall–Kier alpha value is -2.37. The average Bonchev–Trinajstić information content (AvgIpc) is 3.15. The van der Waals surface area contributed by atoms with Gasteiger partial charge in [-0.3, -0.25) is 4.79 Å². The van der Waals surface area contributed by atoms with Crippen molar-refractivity contribution in [3.63, 3.8) is 0 Å². The van der Waals surface area contributed by atoms with Gasteiger partial charge in [-0.1, -0.05) is 46.8 Å². The van der Waals surface area contributed by atoms with E-state index in [0.717, 1.165) is 29.5 Å². The first-order valence-corrected chi connectivity index (χ1v) is 10.9. The van der Waals surface area contributed by atoms with E-state index in [1.165, 1.54) is 29.5 Å². The van der Waals surface area contributed by atoms with Crippen molar-refractivity contribution >= 4 is 51.4 Å². The molecule has 2 aromatic carbocycles. The standard InChI is InChI=1S/C19H15ClF4N4OS2/c1-10(16(29)26-15-7-4-12(20)8-14(15)19(22,23)24)30-18-28-27-17(31-18)25-9-11-2-5-13(21)6-3-11/h2-8,10H,9H2,1H3,(H,25,27)(H,26,29). The van der Waals surface area contributed by atoms with Gasteiger partial charge < -0.3 is 10.6 Å². The highest BCUT2D eigenvalue weighted by atomic mass is 35.5. The van der Waals surface area contributed by atoms with E-state index < -0.39 is 22.9 Å². The zero-order valence-electron chi connectivity index (χ0n) is 15.8. The van der Waals surface area contributed by atoms with Crippen molar-refractivity contribution in [3.05, 3.63) is 64.4 Å². The molecule has 0 aliphatic heterocycles. The van der Waals surface area contributed by atoms with Crippen LogP contribution in [0.2, 0.25) is 5.02 Å². The van der Waals surface area contributed by atoms with Crippen molar-refractivity contribution < 1.29 is 22.4 Å². The van der Waals surface area contributed by atoms with E-state index >= 15 is 0 Å². The molecule has 2 N–H and O–H groups in total. The van der Waals surface area contributed by atoms with Crippen LogP contribution in [0.3, 0.4) is 0 Å². The number of amides is 1. The first-order chi connectivity index (χ1) is 14.6. The van der Waals surface area contributed by atoms with E-state index in [0.29, 0.717) is 16.0 Å². The van der Waals surface area contributed by atoms with Crippen LogP contribution in [0.4, 0.5) is 28.4 Å². The van der Waals surface area contributed by atoms with E-state index in [-0.39, 0.29) is 16.5 Å². The molecule has 1 amide bonds. The van der Waals surface area contributed by atoms with Crippen LogP contribution in [0.1, 0.15) is 18.1 Å². The predicted octanol–water partition coefficient (Wildman–Crippen LogP) is 6.08. The summed E-state index contributed by atoms with van der Waals surface area (Å²) >= 11 is 7.91. The molecule has 1 unspecified atom stereocenters. The summed E-state index contributed by atoms with van der Waals surface area (Å²) < 4.78 is 53.0. The molecule has 0 bridgehead atoms. The number of nitrogens with one attached hydrogen (secondary N) is 2. The van der Waals surface area contributed by atoms with Gasteiger partial charge in [0.1, 0.15) is 5.82 Å². The Morgan fingerprint density at radius 2 is 1.90 bits per heavy atom. The Morgan fingerprint density at radius 1 is 1.19 bits per heavy atom. The Morgan fingerprint density at radius 3 is 2.58 bits per heavy atom. The second-order valence-corrected chi connectivity index (χ2v) is 9.29. The fraction of sp³-hybridized carbons (Fsp3) is 0.211. The SMILES string of the molecule is CC(Sc1nnc(NCc2ccc(F)cc2)s1)C(=O)Nc1ccc(Cl)cc1C(F)(F)F. The van der Waals surface area contributed by atoms with Gasteiger partial charge in [0.25, 0.3) is 0 Å². The molecule has 5 nitrogen and oxygen atoms in total. The molecule has 164 valence electrons. The van der Waals surface area contributed by atoms with Crippen LogP contribution in [-0.2, 0) is 17.5 Å². The van der Waals surface area contributed by atoms with Crippen molar-refractivity contribution in [2.24, 2.45) is 0 Å². The Balaban J connectivity index is 1.59. The Labute approximate surface area is 188 Å². The molecule has 0 fully saturated rings. The summed E-state index contributed by atoms with van der Waals surface area (Å²) in [5.41, 5.74) is -0.538. The zero-order chi connectivity index (χ0) is 22.6. The summed E-state index contributed by atoms with van der Waals surface area (Å²) in [6.07, 6.45) is -4.66. The van der Waals surface area contributed by atoms with Gasteiger partial charge in [-0.25, -0.2) is 4.39 Å². The van der Waals surface area contributed by atoms with Crippen molar-refractivity contribution in [2.45, 2.75) is 29.2 Å². The second kappa shape index (κ2) is 9.84. The number of halogens is 5. The number of alkyl halides is 3. The third kappa shape index (κ3) is 6.55. The summed E-state index contributed by atoms with van der Waals surface area (Å²) in [5.74, 6) is -0.944. The molecule has 0 saturated heterocycles. The molecule has 1 heterocycles. The van der Waals surface area contributed by atoms with Gasteiger partial charge in [0.15, 0.2) is 4.34 Å². The van der Waals surface area contributed by atoms with E-state index in [2.05, 4.69) is 20.8 Å². The smallest absolute Gasteiger partial charge is 0.356 e. The van der Waals surface area contributed by atoms with Gasteiger partial charge in [0.05, 0.1) is 16.5 Å². The summed E-state index contributed by atoms with van der Waals surface area (Å²) in [6.45, 7) is 1.96. The molecular formula is C19H15ClF4N4OS2. The number of hydrogen-bond donors (Lipinski definition) is 2. The van der Waals surface area contributed by atoms with E-state index in [9.17, 15) is 22.4 Å². The van der Waals surface area contributed by atoms with Crippen LogP contribution >= 0.6 is 34.7 Å². The lowest BCUT2D eigenvalue weighted by molar-refractivity contribution is -0.137. The lowest BCUT2D eigenvalue weighted by atomic mass is 10.1. The number of benzene rings is 2. The third-order valence-electron chi connectivity index (χ3n) is 3.96. The molecule has 0 aliphatic carbocycles. The molecule has 12 heteroatoms. The van der Waals surface area contributed by atoms with Crippen LogP contribution in [0.15, 0.2) is 46.8 Å². The highest BCUT2D eigenvalue weighted by Gasteiger charge is 2.34. The summed E-state index contributed by atoms with van der Waals surface area (Å²) in [6, 6.07) is 9.12. The molecule has 0 aliphatic rings. The Kier molecular flexibility index (Phi) is 7.39. The molecule has 0 saturated carbocycles. The molecule has 0 radical (unpaired) electrons. The normalized spacial score (nSPS) is 12.5. The van der Waals surface area contributed by atoms with E-state index in [1.807, 2.05) is 0 Å². The van der Waals surface area contributed by atoms with E-state index in [1.54, 1.807) is 19.1 Å². The molecule has 3 rings (SSSR count). The number of thioether (sulfide) groups is 1. The number of hydrogen-bond acceptors (Lipinski definition) is 6. The van der Waals surface area contributed by atoms with Crippen LogP contribution < -0.4 is 10.6 Å². The van der Waals surface area contributed by atoms with Crippen molar-refractivity contribution in [3.8, 4) is 0 Å². The van der Waals surface area contributed by atoms with Gasteiger partial charge >= 0.3 is 6.18 Å². The first kappa shape index (κ1) is 23.3. The van der Waals surface area contributed by atoms with Crippen LogP contribution in [-0.4, -0.2) is 21.4 Å². The largest absolute Gasteiger partial charge is 0.418 e. The topological polar surface area (TPSA) is 66.9 Å². The second-order valence-electron chi connectivity index (χ2n) is 6.29. The van der Waals surface area contributed by atoms with Crippen LogP contribution in [0.5, 0.6) is 0 Å². The maximum Gasteiger partial charge on any atom is 0.418 e. The number of nitrogens with zero attached hydrogens (tertiary/aromatic N) is 2. The molecule has 3 aromatic rings. The maximum atomic E-state index is 13.2. The number of aromatic nitrogens is 2. The quantitative estimate of drug-likeness (QED) is 0.310. The number of rotatable bonds is 7. The van der Waals surface area contributed by atoms with Crippen molar-refractivity contribution in [1.82, 2.24) is 10.2 Å². The van der Waals surface area contributed by atoms with Gasteiger partial charge in [0, 0.05) is 11.6 Å². The fourth-order valence-corrected chi connectivity index (χ4v) is 4.47. The van der Waals surface area contributed by atoms with E-state index in [4.69, 9.17) is 11.6 Å². The van der Waals surface area contributed by atoms with Gasteiger partial charge in [-0.15, -0.1) is 10.2 Å². The molecule has 1 aromatic heterocycles. The minimum absolute atomic E-state index is 0.0812. The summed E-state index contributed by atoms with van der Waals surface area (Å²) in [7, 11) is 0. The average molecular weight is 491 g/mol. The first-order valence-electron chi connectivity index (χ1n) is 8.78. The summed E-state index contributed by atoms with van der Waals surface area (Å²) in [4.78, 5) is 12.4. The number of carbonyl (C=O) groups excluding carboxylic acids is 1. The van der Waals surface area contributed by atoms with Gasteiger partial charge in [0.2, 0.25) is 11.0 Å². The van der Waals surface area contributed by atoms with Crippen LogP contribution in [0, 0.1) is 5.82 Å². The monoisotopic (exact) mass is 490 g/mol. The lowest BCUT2D eigenvalue weighted by Crippen LogP contribution is -2.24. The summed E-state index contributed by atoms with van der Waals surface area (Å²) in [5, 5.41) is 13.0. The highest BCUT2D eigenvalue weighted by molar-refractivity contribution is 8.02. The highest BCUT2D eigenvalue weighted by Crippen LogP contribution is 2.37. The van der Waals surface area contributed by atoms with Crippen LogP contribution in [0.25, 0.3) is 0 Å². The maximum absolute atomic E-state index is 13.2. The Bertz CT molecular complexity index is 1060. The number of anilines is 2. The van der Waals surface area contributed by atoms with Gasteiger partial charge in [-0.2, -0.15) is 13.2 Å². The molecular weight excluding hydrogens is 476 g/mol. The molecule has 0 spiro atoms. The number of carbonyl (C=O) groups is 1. The lowest BCUT2D eigenvalue weighted by Gasteiger charge is -2.16. The fourth-order valence-electron chi connectivity index (χ4n) is 2.41. The molecule has 31 heavy (non-hydrogen) atoms.